The third kappa shape index (κ3) is 3.70. The minimum atomic E-state index is 0.788. The van der Waals surface area contributed by atoms with Crippen molar-refractivity contribution in [1.82, 2.24) is 0 Å². The van der Waals surface area contributed by atoms with Crippen LogP contribution in [-0.4, -0.2) is 0 Å². The van der Waals surface area contributed by atoms with Crippen LogP contribution in [0.1, 0.15) is 63.0 Å². The first kappa shape index (κ1) is 12.3. The molecule has 1 aromatic rings. The molecule has 0 aliphatic carbocycles. The van der Waals surface area contributed by atoms with Crippen molar-refractivity contribution in [1.29, 1.82) is 0 Å². The highest BCUT2D eigenvalue weighted by Gasteiger charge is 2.11. The van der Waals surface area contributed by atoms with Gasteiger partial charge in [-0.15, -0.1) is 0 Å². The van der Waals surface area contributed by atoms with Crippen molar-refractivity contribution in [2.75, 3.05) is 0 Å². The summed E-state index contributed by atoms with van der Waals surface area (Å²) in [5.41, 5.74) is 3.04. The third-order valence-electron chi connectivity index (χ3n) is 3.17. The highest BCUT2D eigenvalue weighted by Crippen LogP contribution is 2.29. The minimum Gasteiger partial charge on any atom is -0.0654 e. The molecular weight excluding hydrogens is 180 g/mol. The lowest BCUT2D eigenvalue weighted by atomic mass is 9.87. The van der Waals surface area contributed by atoms with Gasteiger partial charge in [0, 0.05) is 0 Å². The van der Waals surface area contributed by atoms with Crippen molar-refractivity contribution >= 4 is 0 Å². The van der Waals surface area contributed by atoms with Crippen molar-refractivity contribution in [2.24, 2.45) is 0 Å². The molecule has 0 heterocycles. The first-order chi connectivity index (χ1) is 7.29. The Bertz CT molecular complexity index is 275. The summed E-state index contributed by atoms with van der Waals surface area (Å²) in [5.74, 6) is 0.788. The average Bonchev–Trinajstić information content (AvgIpc) is 2.25. The number of hydrogen-bond acceptors (Lipinski definition) is 0. The summed E-state index contributed by atoms with van der Waals surface area (Å²) in [6, 6.07) is 8.87. The summed E-state index contributed by atoms with van der Waals surface area (Å²) in [5, 5.41) is 0. The summed E-state index contributed by atoms with van der Waals surface area (Å²) >= 11 is 0. The van der Waals surface area contributed by atoms with Crippen LogP contribution in [0.15, 0.2) is 24.3 Å². The molecule has 0 saturated carbocycles. The Balaban J connectivity index is 2.74. The number of rotatable bonds is 6. The van der Waals surface area contributed by atoms with Crippen LogP contribution in [-0.2, 0) is 0 Å². The summed E-state index contributed by atoms with van der Waals surface area (Å²) in [6.45, 7) is 6.81. The highest BCUT2D eigenvalue weighted by atomic mass is 14.2. The molecule has 1 atom stereocenters. The van der Waals surface area contributed by atoms with Crippen molar-refractivity contribution in [2.45, 2.75) is 58.8 Å². The molecule has 0 fully saturated rings. The van der Waals surface area contributed by atoms with Crippen LogP contribution in [0.5, 0.6) is 0 Å². The van der Waals surface area contributed by atoms with Gasteiger partial charge in [-0.2, -0.15) is 0 Å². The summed E-state index contributed by atoms with van der Waals surface area (Å²) in [6.07, 6.45) is 6.66. The molecule has 1 rings (SSSR count). The summed E-state index contributed by atoms with van der Waals surface area (Å²) < 4.78 is 0. The second-order valence-electron chi connectivity index (χ2n) is 4.48. The molecule has 0 aliphatic heterocycles. The lowest BCUT2D eigenvalue weighted by Crippen LogP contribution is -2.00. The monoisotopic (exact) mass is 204 g/mol. The Morgan fingerprint density at radius 3 is 2.33 bits per heavy atom. The van der Waals surface area contributed by atoms with E-state index in [4.69, 9.17) is 0 Å². The van der Waals surface area contributed by atoms with Crippen molar-refractivity contribution in [3.63, 3.8) is 0 Å². The molecule has 1 unspecified atom stereocenters. The van der Waals surface area contributed by atoms with Gasteiger partial charge in [-0.25, -0.2) is 0 Å². The van der Waals surface area contributed by atoms with Crippen molar-refractivity contribution in [3.05, 3.63) is 35.4 Å². The molecule has 0 spiro atoms. The fourth-order valence-corrected chi connectivity index (χ4v) is 2.30. The zero-order valence-electron chi connectivity index (χ0n) is 10.4. The Morgan fingerprint density at radius 2 is 1.73 bits per heavy atom. The van der Waals surface area contributed by atoms with Gasteiger partial charge in [0.05, 0.1) is 0 Å². The molecule has 0 nitrogen and oxygen atoms in total. The maximum atomic E-state index is 2.31. The van der Waals surface area contributed by atoms with E-state index in [0.29, 0.717) is 0 Å². The molecule has 0 heteroatoms. The Kier molecular flexibility index (Phi) is 5.45. The van der Waals surface area contributed by atoms with Crippen LogP contribution in [0.2, 0.25) is 0 Å². The lowest BCUT2D eigenvalue weighted by Gasteiger charge is -2.18. The maximum Gasteiger partial charge on any atom is -0.0159 e. The Labute approximate surface area is 94.7 Å². The van der Waals surface area contributed by atoms with Gasteiger partial charge in [0.2, 0.25) is 0 Å². The van der Waals surface area contributed by atoms with E-state index in [1.54, 1.807) is 5.56 Å². The number of hydrogen-bond donors (Lipinski definition) is 0. The van der Waals surface area contributed by atoms with Gasteiger partial charge in [-0.3, -0.25) is 0 Å². The predicted octanol–water partition coefficient (Wildman–Crippen LogP) is 5.07. The van der Waals surface area contributed by atoms with E-state index in [1.807, 2.05) is 0 Å². The molecule has 84 valence electrons. The molecular formula is C15H24. The number of benzene rings is 1. The van der Waals surface area contributed by atoms with Gasteiger partial charge in [0.25, 0.3) is 0 Å². The summed E-state index contributed by atoms with van der Waals surface area (Å²) in [4.78, 5) is 0. The molecule has 0 saturated heterocycles. The smallest absolute Gasteiger partial charge is 0.0159 e. The van der Waals surface area contributed by atoms with Gasteiger partial charge in [0.15, 0.2) is 0 Å². The largest absolute Gasteiger partial charge is 0.0654 e. The fourth-order valence-electron chi connectivity index (χ4n) is 2.30. The van der Waals surface area contributed by atoms with Gasteiger partial charge in [-0.05, 0) is 36.8 Å². The lowest BCUT2D eigenvalue weighted by molar-refractivity contribution is 0.539. The SMILES string of the molecule is CCCCC(CCC)c1ccccc1C. The van der Waals surface area contributed by atoms with Crippen LogP contribution >= 0.6 is 0 Å². The van der Waals surface area contributed by atoms with E-state index in [0.717, 1.165) is 5.92 Å². The molecule has 1 aromatic carbocycles. The van der Waals surface area contributed by atoms with E-state index >= 15 is 0 Å². The zero-order valence-corrected chi connectivity index (χ0v) is 10.4. The van der Waals surface area contributed by atoms with E-state index in [-0.39, 0.29) is 0 Å². The Hall–Kier alpha value is -0.780. The van der Waals surface area contributed by atoms with Crippen molar-refractivity contribution < 1.29 is 0 Å². The molecule has 0 aliphatic rings. The van der Waals surface area contributed by atoms with Gasteiger partial charge < -0.3 is 0 Å². The van der Waals surface area contributed by atoms with E-state index in [9.17, 15) is 0 Å². The van der Waals surface area contributed by atoms with Crippen LogP contribution < -0.4 is 0 Å². The van der Waals surface area contributed by atoms with Crippen LogP contribution in [0.25, 0.3) is 0 Å². The Morgan fingerprint density at radius 1 is 1.00 bits per heavy atom. The highest BCUT2D eigenvalue weighted by molar-refractivity contribution is 5.29. The first-order valence-corrected chi connectivity index (χ1v) is 6.35. The van der Waals surface area contributed by atoms with Crippen LogP contribution in [0.4, 0.5) is 0 Å². The number of aryl methyl sites for hydroxylation is 1. The fraction of sp³-hybridized carbons (Fsp3) is 0.600. The minimum absolute atomic E-state index is 0.788. The summed E-state index contributed by atoms with van der Waals surface area (Å²) in [7, 11) is 0. The molecule has 0 amide bonds. The second-order valence-corrected chi connectivity index (χ2v) is 4.48. The average molecular weight is 204 g/mol. The van der Waals surface area contributed by atoms with Gasteiger partial charge in [0.1, 0.15) is 0 Å². The van der Waals surface area contributed by atoms with E-state index < -0.39 is 0 Å². The van der Waals surface area contributed by atoms with E-state index in [1.165, 1.54) is 37.7 Å². The molecule has 0 N–H and O–H groups in total. The molecule has 0 bridgehead atoms. The van der Waals surface area contributed by atoms with Gasteiger partial charge in [-0.1, -0.05) is 57.4 Å². The first-order valence-electron chi connectivity index (χ1n) is 6.35. The predicted molar refractivity (Wildman–Crippen MR) is 68.4 cm³/mol. The van der Waals surface area contributed by atoms with Crippen LogP contribution in [0, 0.1) is 6.92 Å². The van der Waals surface area contributed by atoms with Crippen LogP contribution in [0.3, 0.4) is 0 Å². The molecule has 15 heavy (non-hydrogen) atoms. The standard InChI is InChI=1S/C15H24/c1-4-6-11-14(9-5-2)15-12-8-7-10-13(15)3/h7-8,10,12,14H,4-6,9,11H2,1-3H3. The normalized spacial score (nSPS) is 12.7. The molecule has 0 radical (unpaired) electrons. The topological polar surface area (TPSA) is 0 Å². The van der Waals surface area contributed by atoms with Gasteiger partial charge >= 0.3 is 0 Å². The number of unbranched alkanes of at least 4 members (excludes halogenated alkanes) is 1. The maximum absolute atomic E-state index is 2.31. The zero-order chi connectivity index (χ0) is 11.1. The quantitative estimate of drug-likeness (QED) is 0.607. The second kappa shape index (κ2) is 6.66. The molecule has 0 aromatic heterocycles. The van der Waals surface area contributed by atoms with E-state index in [2.05, 4.69) is 45.0 Å². The third-order valence-corrected chi connectivity index (χ3v) is 3.17. The van der Waals surface area contributed by atoms with Crippen molar-refractivity contribution in [3.8, 4) is 0 Å².